The van der Waals surface area contributed by atoms with Gasteiger partial charge in [0.25, 0.3) is 0 Å². The van der Waals surface area contributed by atoms with Crippen LogP contribution in [0.5, 0.6) is 11.5 Å². The van der Waals surface area contributed by atoms with Gasteiger partial charge < -0.3 is 14.8 Å². The largest absolute Gasteiger partial charge is 0.493 e. The Morgan fingerprint density at radius 1 is 1.20 bits per heavy atom. The molecule has 1 atom stereocenters. The van der Waals surface area contributed by atoms with Crippen molar-refractivity contribution in [2.75, 3.05) is 20.8 Å². The van der Waals surface area contributed by atoms with Crippen LogP contribution in [0, 0.1) is 5.92 Å². The number of benzene rings is 1. The van der Waals surface area contributed by atoms with E-state index in [2.05, 4.69) is 24.4 Å². The summed E-state index contributed by atoms with van der Waals surface area (Å²) in [4.78, 5) is 0. The van der Waals surface area contributed by atoms with Gasteiger partial charge in [0.05, 0.1) is 14.2 Å². The lowest BCUT2D eigenvalue weighted by atomic mass is 10.0. The van der Waals surface area contributed by atoms with E-state index in [4.69, 9.17) is 9.47 Å². The molecule has 0 amide bonds. The van der Waals surface area contributed by atoms with E-state index in [0.29, 0.717) is 6.04 Å². The van der Waals surface area contributed by atoms with E-state index >= 15 is 0 Å². The molecule has 3 nitrogen and oxygen atoms in total. The number of rotatable bonds is 9. The lowest BCUT2D eigenvalue weighted by molar-refractivity contribution is 0.354. The van der Waals surface area contributed by atoms with E-state index in [0.717, 1.165) is 30.4 Å². The zero-order valence-corrected chi connectivity index (χ0v) is 12.9. The van der Waals surface area contributed by atoms with Crippen molar-refractivity contribution in [3.05, 3.63) is 23.8 Å². The molecule has 0 bridgehead atoms. The Balaban J connectivity index is 1.91. The maximum atomic E-state index is 5.37. The van der Waals surface area contributed by atoms with E-state index in [-0.39, 0.29) is 0 Å². The summed E-state index contributed by atoms with van der Waals surface area (Å²) in [5.74, 6) is 2.54. The van der Waals surface area contributed by atoms with Crippen LogP contribution in [-0.4, -0.2) is 26.8 Å². The number of nitrogens with one attached hydrogen (secondary N) is 1. The van der Waals surface area contributed by atoms with Crippen LogP contribution in [-0.2, 0) is 6.42 Å². The Morgan fingerprint density at radius 3 is 2.55 bits per heavy atom. The van der Waals surface area contributed by atoms with Gasteiger partial charge in [-0.1, -0.05) is 13.0 Å². The SMILES string of the molecule is CCCNC(CCc1ccc(OC)c(OC)c1)C1CC1. The molecule has 20 heavy (non-hydrogen) atoms. The fourth-order valence-electron chi connectivity index (χ4n) is 2.69. The average Bonchev–Trinajstić information content (AvgIpc) is 3.31. The second-order valence-corrected chi connectivity index (χ2v) is 5.63. The third-order valence-corrected chi connectivity index (χ3v) is 4.04. The Morgan fingerprint density at radius 2 is 1.95 bits per heavy atom. The Bertz CT molecular complexity index is 415. The van der Waals surface area contributed by atoms with Crippen LogP contribution in [0.25, 0.3) is 0 Å². The Kier molecular flexibility index (Phi) is 5.72. The molecule has 1 unspecified atom stereocenters. The van der Waals surface area contributed by atoms with Crippen LogP contribution < -0.4 is 14.8 Å². The number of hydrogen-bond donors (Lipinski definition) is 1. The molecule has 112 valence electrons. The molecule has 0 aromatic heterocycles. The molecule has 2 rings (SSSR count). The first-order valence-corrected chi connectivity index (χ1v) is 7.72. The number of ether oxygens (including phenoxy) is 2. The fraction of sp³-hybridized carbons (Fsp3) is 0.647. The van der Waals surface area contributed by atoms with Gasteiger partial charge in [-0.2, -0.15) is 0 Å². The van der Waals surface area contributed by atoms with Crippen LogP contribution in [0.3, 0.4) is 0 Å². The van der Waals surface area contributed by atoms with Crippen molar-refractivity contribution in [2.24, 2.45) is 5.92 Å². The topological polar surface area (TPSA) is 30.5 Å². The van der Waals surface area contributed by atoms with Crippen molar-refractivity contribution >= 4 is 0 Å². The highest BCUT2D eigenvalue weighted by Gasteiger charge is 2.30. The molecule has 1 aromatic rings. The Hall–Kier alpha value is -1.22. The summed E-state index contributed by atoms with van der Waals surface area (Å²) < 4.78 is 10.6. The van der Waals surface area contributed by atoms with Crippen molar-refractivity contribution in [2.45, 2.75) is 45.1 Å². The van der Waals surface area contributed by atoms with E-state index in [1.165, 1.54) is 31.2 Å². The first kappa shape index (κ1) is 15.2. The summed E-state index contributed by atoms with van der Waals surface area (Å²) in [5.41, 5.74) is 1.33. The summed E-state index contributed by atoms with van der Waals surface area (Å²) in [6.45, 7) is 3.36. The van der Waals surface area contributed by atoms with Gasteiger partial charge in [-0.05, 0) is 62.3 Å². The average molecular weight is 277 g/mol. The maximum Gasteiger partial charge on any atom is 0.160 e. The molecule has 1 aliphatic rings. The van der Waals surface area contributed by atoms with Gasteiger partial charge >= 0.3 is 0 Å². The molecule has 1 aromatic carbocycles. The first-order chi connectivity index (χ1) is 9.78. The fourth-order valence-corrected chi connectivity index (χ4v) is 2.69. The minimum absolute atomic E-state index is 0.683. The summed E-state index contributed by atoms with van der Waals surface area (Å²) in [7, 11) is 3.37. The van der Waals surface area contributed by atoms with Crippen LogP contribution in [0.4, 0.5) is 0 Å². The zero-order chi connectivity index (χ0) is 14.4. The van der Waals surface area contributed by atoms with Crippen molar-refractivity contribution < 1.29 is 9.47 Å². The van der Waals surface area contributed by atoms with Crippen LogP contribution in [0.1, 0.15) is 38.2 Å². The van der Waals surface area contributed by atoms with Gasteiger partial charge in [0, 0.05) is 6.04 Å². The molecule has 1 saturated carbocycles. The molecule has 1 aliphatic carbocycles. The van der Waals surface area contributed by atoms with Crippen molar-refractivity contribution in [1.82, 2.24) is 5.32 Å². The van der Waals surface area contributed by atoms with Crippen LogP contribution in [0.15, 0.2) is 18.2 Å². The van der Waals surface area contributed by atoms with Crippen LogP contribution >= 0.6 is 0 Å². The molecule has 0 spiro atoms. The highest BCUT2D eigenvalue weighted by atomic mass is 16.5. The van der Waals surface area contributed by atoms with Crippen molar-refractivity contribution in [1.29, 1.82) is 0 Å². The van der Waals surface area contributed by atoms with Crippen molar-refractivity contribution in [3.8, 4) is 11.5 Å². The third kappa shape index (κ3) is 4.14. The summed E-state index contributed by atoms with van der Waals surface area (Å²) >= 11 is 0. The highest BCUT2D eigenvalue weighted by molar-refractivity contribution is 5.42. The van der Waals surface area contributed by atoms with Gasteiger partial charge in [0.2, 0.25) is 0 Å². The number of hydrogen-bond acceptors (Lipinski definition) is 3. The molecule has 0 heterocycles. The lowest BCUT2D eigenvalue weighted by Gasteiger charge is -2.18. The Labute approximate surface area is 122 Å². The lowest BCUT2D eigenvalue weighted by Crippen LogP contribution is -2.32. The summed E-state index contributed by atoms with van der Waals surface area (Å²) in [6, 6.07) is 6.93. The first-order valence-electron chi connectivity index (χ1n) is 7.72. The quantitative estimate of drug-likeness (QED) is 0.750. The molecule has 0 aliphatic heterocycles. The molecular formula is C17H27NO2. The van der Waals surface area contributed by atoms with E-state index in [1.54, 1.807) is 14.2 Å². The molecule has 1 fully saturated rings. The van der Waals surface area contributed by atoms with Crippen LogP contribution in [0.2, 0.25) is 0 Å². The van der Waals surface area contributed by atoms with Gasteiger partial charge in [0.15, 0.2) is 11.5 Å². The predicted molar refractivity (Wildman–Crippen MR) is 82.7 cm³/mol. The minimum atomic E-state index is 0.683. The molecule has 3 heteroatoms. The molecular weight excluding hydrogens is 250 g/mol. The standard InChI is InChI=1S/C17H27NO2/c1-4-11-18-15(14-7-8-14)9-5-13-6-10-16(19-2)17(12-13)20-3/h6,10,12,14-15,18H,4-5,7-9,11H2,1-3H3. The second kappa shape index (κ2) is 7.53. The van der Waals surface area contributed by atoms with Gasteiger partial charge in [-0.15, -0.1) is 0 Å². The molecule has 1 N–H and O–H groups in total. The van der Waals surface area contributed by atoms with Gasteiger partial charge in [0.1, 0.15) is 0 Å². The molecule has 0 saturated heterocycles. The van der Waals surface area contributed by atoms with Gasteiger partial charge in [-0.25, -0.2) is 0 Å². The maximum absolute atomic E-state index is 5.37. The minimum Gasteiger partial charge on any atom is -0.493 e. The third-order valence-electron chi connectivity index (χ3n) is 4.04. The van der Waals surface area contributed by atoms with E-state index < -0.39 is 0 Å². The summed E-state index contributed by atoms with van der Waals surface area (Å²) in [5, 5.41) is 3.70. The predicted octanol–water partition coefficient (Wildman–Crippen LogP) is 3.41. The smallest absolute Gasteiger partial charge is 0.160 e. The monoisotopic (exact) mass is 277 g/mol. The van der Waals surface area contributed by atoms with Gasteiger partial charge in [-0.3, -0.25) is 0 Å². The number of methoxy groups -OCH3 is 2. The molecule has 0 radical (unpaired) electrons. The van der Waals surface area contributed by atoms with E-state index in [9.17, 15) is 0 Å². The summed E-state index contributed by atoms with van der Waals surface area (Å²) in [6.07, 6.45) is 6.30. The zero-order valence-electron chi connectivity index (χ0n) is 12.9. The highest BCUT2D eigenvalue weighted by Crippen LogP contribution is 2.35. The van der Waals surface area contributed by atoms with E-state index in [1.807, 2.05) is 6.07 Å². The number of aryl methyl sites for hydroxylation is 1. The van der Waals surface area contributed by atoms with Crippen molar-refractivity contribution in [3.63, 3.8) is 0 Å². The normalized spacial score (nSPS) is 15.9. The second-order valence-electron chi connectivity index (χ2n) is 5.63.